The summed E-state index contributed by atoms with van der Waals surface area (Å²) in [4.78, 5) is 22.0. The minimum absolute atomic E-state index is 0.288. The molecule has 0 aromatic heterocycles. The second kappa shape index (κ2) is 3.84. The van der Waals surface area contributed by atoms with E-state index in [1.807, 2.05) is 30.3 Å². The Hall–Kier alpha value is -1.29. The second-order valence-corrected chi connectivity index (χ2v) is 3.86. The average Bonchev–Trinajstić information content (AvgIpc) is 2.47. The number of hydrogen-bond acceptors (Lipinski definition) is 3. The molecule has 0 bridgehead atoms. The van der Waals surface area contributed by atoms with Gasteiger partial charge in [-0.2, -0.15) is 0 Å². The molecule has 1 aliphatic rings. The monoisotopic (exact) mass is 205 g/mol. The van der Waals surface area contributed by atoms with Crippen molar-refractivity contribution in [3.8, 4) is 0 Å². The number of thioether (sulfide) groups is 1. The van der Waals surface area contributed by atoms with Crippen LogP contribution in [0.25, 0.3) is 0 Å². The molecular weight excluding hydrogens is 198 g/mol. The third kappa shape index (κ3) is 1.96. The molecule has 1 fully saturated rings. The first-order chi connectivity index (χ1) is 6.75. The number of carbonyl (C=O) groups excluding carboxylic acids is 2. The summed E-state index contributed by atoms with van der Waals surface area (Å²) in [6.07, 6.45) is 2.95. The smallest absolute Gasteiger partial charge is 0.286 e. The molecular formula is C10H7NO2S. The Kier molecular flexibility index (Phi) is 2.54. The molecule has 1 saturated heterocycles. The summed E-state index contributed by atoms with van der Waals surface area (Å²) in [6, 6.07) is 9.30. The zero-order valence-electron chi connectivity index (χ0n) is 7.19. The van der Waals surface area contributed by atoms with Gasteiger partial charge < -0.3 is 0 Å². The molecule has 14 heavy (non-hydrogen) atoms. The van der Waals surface area contributed by atoms with Crippen molar-refractivity contribution in [1.82, 2.24) is 5.32 Å². The van der Waals surface area contributed by atoms with E-state index in [4.69, 9.17) is 0 Å². The number of carbonyl (C=O) groups is 2. The zero-order valence-corrected chi connectivity index (χ0v) is 8.01. The molecule has 1 aromatic rings. The molecule has 1 unspecified atom stereocenters. The van der Waals surface area contributed by atoms with E-state index in [1.54, 1.807) is 0 Å². The number of nitrogens with one attached hydrogen (secondary N) is 1. The van der Waals surface area contributed by atoms with Crippen LogP contribution < -0.4 is 5.32 Å². The highest BCUT2D eigenvalue weighted by molar-refractivity contribution is 8.15. The molecule has 2 amide bonds. The van der Waals surface area contributed by atoms with Gasteiger partial charge in [0.25, 0.3) is 5.24 Å². The number of amides is 2. The molecule has 4 heteroatoms. The molecule has 1 atom stereocenters. The highest BCUT2D eigenvalue weighted by Gasteiger charge is 2.31. The summed E-state index contributed by atoms with van der Waals surface area (Å²) in [6.45, 7) is 0. The summed E-state index contributed by atoms with van der Waals surface area (Å²) >= 11 is 0.958. The van der Waals surface area contributed by atoms with Crippen LogP contribution in [0.4, 0.5) is 4.79 Å². The van der Waals surface area contributed by atoms with E-state index in [-0.39, 0.29) is 11.1 Å². The van der Waals surface area contributed by atoms with Crippen LogP contribution in [0.3, 0.4) is 0 Å². The van der Waals surface area contributed by atoms with Gasteiger partial charge in [-0.15, -0.1) is 0 Å². The van der Waals surface area contributed by atoms with Crippen LogP contribution in [-0.4, -0.2) is 16.4 Å². The Morgan fingerprint density at radius 2 is 1.93 bits per heavy atom. The van der Waals surface area contributed by atoms with Crippen LogP contribution in [0.1, 0.15) is 5.56 Å². The zero-order chi connectivity index (χ0) is 9.97. The van der Waals surface area contributed by atoms with Gasteiger partial charge in [0.2, 0.25) is 5.91 Å². The first kappa shape index (κ1) is 9.27. The molecule has 1 aromatic carbocycles. The van der Waals surface area contributed by atoms with Gasteiger partial charge in [-0.05, 0) is 5.56 Å². The summed E-state index contributed by atoms with van der Waals surface area (Å²) in [7, 11) is 0. The fourth-order valence-electron chi connectivity index (χ4n) is 1.14. The van der Waals surface area contributed by atoms with Gasteiger partial charge in [-0.3, -0.25) is 14.9 Å². The molecule has 2 radical (unpaired) electrons. The first-order valence-corrected chi connectivity index (χ1v) is 4.97. The van der Waals surface area contributed by atoms with Gasteiger partial charge in [0.05, 0.1) is 0 Å². The average molecular weight is 205 g/mol. The molecule has 0 spiro atoms. The molecule has 70 valence electrons. The van der Waals surface area contributed by atoms with Crippen molar-refractivity contribution in [3.05, 3.63) is 42.3 Å². The molecule has 0 aliphatic carbocycles. The van der Waals surface area contributed by atoms with Gasteiger partial charge in [0, 0.05) is 6.42 Å². The van der Waals surface area contributed by atoms with Gasteiger partial charge >= 0.3 is 0 Å². The van der Waals surface area contributed by atoms with Gasteiger partial charge in [0.15, 0.2) is 0 Å². The van der Waals surface area contributed by atoms with E-state index in [0.29, 0.717) is 0 Å². The predicted octanol–water partition coefficient (Wildman–Crippen LogP) is 1.47. The maximum atomic E-state index is 11.2. The number of hydrogen-bond donors (Lipinski definition) is 1. The lowest BCUT2D eigenvalue weighted by molar-refractivity contribution is -0.118. The number of benzene rings is 1. The summed E-state index contributed by atoms with van der Waals surface area (Å²) in [5, 5.41) is 1.40. The van der Waals surface area contributed by atoms with Gasteiger partial charge in [-0.25, -0.2) is 0 Å². The lowest BCUT2D eigenvalue weighted by Gasteiger charge is -2.02. The van der Waals surface area contributed by atoms with E-state index >= 15 is 0 Å². The Balaban J connectivity index is 2.05. The number of rotatable bonds is 2. The van der Waals surface area contributed by atoms with Crippen molar-refractivity contribution in [2.24, 2.45) is 0 Å². The van der Waals surface area contributed by atoms with Crippen LogP contribution in [0.5, 0.6) is 0 Å². The molecule has 1 aliphatic heterocycles. The first-order valence-electron chi connectivity index (χ1n) is 4.09. The van der Waals surface area contributed by atoms with Crippen molar-refractivity contribution < 1.29 is 9.59 Å². The van der Waals surface area contributed by atoms with E-state index in [2.05, 4.69) is 11.7 Å². The van der Waals surface area contributed by atoms with E-state index in [9.17, 15) is 9.59 Å². The fourth-order valence-corrected chi connectivity index (χ4v) is 1.87. The standard InChI is InChI=1S/C10H7NO2S/c12-9-8(14-10(13)11-9)6-7-4-2-1-3-5-7/h1-5,8H,(H,11,12,13). The minimum atomic E-state index is -0.509. The molecule has 1 N–H and O–H groups in total. The highest BCUT2D eigenvalue weighted by Crippen LogP contribution is 2.23. The van der Waals surface area contributed by atoms with Crippen LogP contribution in [0, 0.1) is 6.42 Å². The lowest BCUT2D eigenvalue weighted by atomic mass is 10.1. The summed E-state index contributed by atoms with van der Waals surface area (Å²) in [5.74, 6) is -0.288. The van der Waals surface area contributed by atoms with Crippen LogP contribution >= 0.6 is 11.8 Å². The minimum Gasteiger partial charge on any atom is -0.286 e. The third-order valence-electron chi connectivity index (χ3n) is 1.76. The molecule has 1 heterocycles. The molecule has 2 rings (SSSR count). The van der Waals surface area contributed by atoms with Crippen molar-refractivity contribution in [1.29, 1.82) is 0 Å². The van der Waals surface area contributed by atoms with E-state index < -0.39 is 5.25 Å². The van der Waals surface area contributed by atoms with E-state index in [0.717, 1.165) is 17.3 Å². The predicted molar refractivity (Wildman–Crippen MR) is 53.7 cm³/mol. The van der Waals surface area contributed by atoms with Crippen LogP contribution in [-0.2, 0) is 4.79 Å². The highest BCUT2D eigenvalue weighted by atomic mass is 32.2. The largest absolute Gasteiger partial charge is 0.286 e. The molecule has 0 saturated carbocycles. The van der Waals surface area contributed by atoms with Crippen LogP contribution in [0.2, 0.25) is 0 Å². The Morgan fingerprint density at radius 3 is 2.50 bits per heavy atom. The van der Waals surface area contributed by atoms with Crippen molar-refractivity contribution >= 4 is 22.9 Å². The second-order valence-electron chi connectivity index (χ2n) is 2.78. The quantitative estimate of drug-likeness (QED) is 0.795. The van der Waals surface area contributed by atoms with Gasteiger partial charge in [0.1, 0.15) is 5.25 Å². The Labute approximate surface area is 85.9 Å². The van der Waals surface area contributed by atoms with Crippen LogP contribution in [0.15, 0.2) is 30.3 Å². The maximum absolute atomic E-state index is 11.2. The Morgan fingerprint density at radius 1 is 1.21 bits per heavy atom. The van der Waals surface area contributed by atoms with E-state index in [1.165, 1.54) is 0 Å². The third-order valence-corrected chi connectivity index (χ3v) is 2.64. The normalized spacial score (nSPS) is 21.0. The summed E-state index contributed by atoms with van der Waals surface area (Å²) in [5.41, 5.74) is 0.829. The van der Waals surface area contributed by atoms with Crippen molar-refractivity contribution in [3.63, 3.8) is 0 Å². The van der Waals surface area contributed by atoms with Crippen molar-refractivity contribution in [2.45, 2.75) is 5.25 Å². The lowest BCUT2D eigenvalue weighted by Crippen LogP contribution is -2.24. The topological polar surface area (TPSA) is 46.2 Å². The SMILES string of the molecule is O=C1NC(=O)C([C]c2ccccc2)S1. The van der Waals surface area contributed by atoms with Crippen molar-refractivity contribution in [2.75, 3.05) is 0 Å². The molecule has 3 nitrogen and oxygen atoms in total. The van der Waals surface area contributed by atoms with Gasteiger partial charge in [-0.1, -0.05) is 42.1 Å². The number of imide groups is 1. The maximum Gasteiger partial charge on any atom is 0.286 e. The fraction of sp³-hybridized carbons (Fsp3) is 0.100. The Bertz CT molecular complexity index is 364. The summed E-state index contributed by atoms with van der Waals surface area (Å²) < 4.78 is 0.